The highest BCUT2D eigenvalue weighted by molar-refractivity contribution is 5.91. The number of hydrogen-bond acceptors (Lipinski definition) is 6. The molecule has 0 radical (unpaired) electrons. The molecule has 0 aliphatic heterocycles. The van der Waals surface area contributed by atoms with Gasteiger partial charge in [0, 0.05) is 23.7 Å². The van der Waals surface area contributed by atoms with E-state index in [0.717, 1.165) is 44.7 Å². The van der Waals surface area contributed by atoms with Gasteiger partial charge in [-0.15, -0.1) is 0 Å². The molecule has 0 aliphatic carbocycles. The highest BCUT2D eigenvalue weighted by atomic mass is 15.1. The molecule has 5 aromatic rings. The van der Waals surface area contributed by atoms with Crippen LogP contribution in [0.25, 0.3) is 44.8 Å². The molecule has 0 fully saturated rings. The van der Waals surface area contributed by atoms with Crippen LogP contribution in [0, 0.1) is 5.92 Å². The maximum absolute atomic E-state index is 4.85. The second kappa shape index (κ2) is 7.07. The van der Waals surface area contributed by atoms with Crippen LogP contribution in [0.15, 0.2) is 61.3 Å². The number of nitrogens with one attached hydrogen (secondary N) is 3. The molecular formula is C22H20N8. The predicted molar refractivity (Wildman–Crippen MR) is 118 cm³/mol. The number of nitrogens with zero attached hydrogens (tertiary/aromatic N) is 5. The van der Waals surface area contributed by atoms with E-state index < -0.39 is 0 Å². The van der Waals surface area contributed by atoms with Crippen LogP contribution in [0.5, 0.6) is 0 Å². The fraction of sp³-hybridized carbons (Fsp3) is 0.136. The summed E-state index contributed by atoms with van der Waals surface area (Å²) in [4.78, 5) is 21.2. The Balaban J connectivity index is 1.55. The summed E-state index contributed by atoms with van der Waals surface area (Å²) >= 11 is 0. The minimum Gasteiger partial charge on any atom is -0.358 e. The molecule has 3 N–H and O–H groups in total. The summed E-state index contributed by atoms with van der Waals surface area (Å²) in [5, 5.41) is 10.8. The van der Waals surface area contributed by atoms with Crippen molar-refractivity contribution in [3.8, 4) is 22.8 Å². The zero-order chi connectivity index (χ0) is 20.7. The van der Waals surface area contributed by atoms with Gasteiger partial charge in [-0.3, -0.25) is 15.1 Å². The van der Waals surface area contributed by atoms with Gasteiger partial charge >= 0.3 is 0 Å². The van der Waals surface area contributed by atoms with Crippen LogP contribution in [0.2, 0.25) is 0 Å². The highest BCUT2D eigenvalue weighted by Gasteiger charge is 2.15. The fourth-order valence-corrected chi connectivity index (χ4v) is 3.17. The van der Waals surface area contributed by atoms with Gasteiger partial charge in [0.25, 0.3) is 0 Å². The molecule has 0 aliphatic rings. The maximum Gasteiger partial charge on any atom is 0.161 e. The molecule has 148 valence electrons. The third-order valence-corrected chi connectivity index (χ3v) is 4.95. The van der Waals surface area contributed by atoms with Crippen molar-refractivity contribution in [3.63, 3.8) is 0 Å². The van der Waals surface area contributed by atoms with Gasteiger partial charge in [-0.05, 0) is 30.2 Å². The van der Waals surface area contributed by atoms with Gasteiger partial charge in [0.15, 0.2) is 11.5 Å². The van der Waals surface area contributed by atoms with Crippen molar-refractivity contribution in [2.75, 3.05) is 5.32 Å². The summed E-state index contributed by atoms with van der Waals surface area (Å²) in [5.41, 5.74) is 7.45. The van der Waals surface area contributed by atoms with Gasteiger partial charge in [-0.2, -0.15) is 5.10 Å². The van der Waals surface area contributed by atoms with Crippen LogP contribution in [0.1, 0.15) is 13.8 Å². The lowest BCUT2D eigenvalue weighted by Gasteiger charge is -2.13. The molecule has 0 spiro atoms. The average Bonchev–Trinajstić information content (AvgIpc) is 3.37. The first-order chi connectivity index (χ1) is 14.6. The molecule has 0 amide bonds. The smallest absolute Gasteiger partial charge is 0.161 e. The number of aromatic nitrogens is 7. The molecule has 5 rings (SSSR count). The van der Waals surface area contributed by atoms with E-state index in [0.29, 0.717) is 17.4 Å². The van der Waals surface area contributed by atoms with Crippen molar-refractivity contribution in [1.29, 1.82) is 0 Å². The first-order valence-corrected chi connectivity index (χ1v) is 9.65. The number of imidazole rings is 1. The number of fused-ring (bicyclic) bond motifs is 2. The normalized spacial score (nSPS) is 11.4. The second-order valence-corrected chi connectivity index (χ2v) is 7.41. The largest absolute Gasteiger partial charge is 0.358 e. The summed E-state index contributed by atoms with van der Waals surface area (Å²) in [7, 11) is 0. The van der Waals surface area contributed by atoms with E-state index in [4.69, 9.17) is 4.98 Å². The molecule has 0 saturated heterocycles. The van der Waals surface area contributed by atoms with Gasteiger partial charge in [-0.25, -0.2) is 9.97 Å². The molecule has 5 aromatic heterocycles. The molecule has 30 heavy (non-hydrogen) atoms. The second-order valence-electron chi connectivity index (χ2n) is 7.41. The predicted octanol–water partition coefficient (Wildman–Crippen LogP) is 4.54. The molecule has 0 bridgehead atoms. The number of allylic oxidation sites excluding steroid dienone is 1. The third-order valence-electron chi connectivity index (χ3n) is 4.95. The van der Waals surface area contributed by atoms with Gasteiger partial charge in [0.2, 0.25) is 0 Å². The first kappa shape index (κ1) is 18.0. The van der Waals surface area contributed by atoms with Crippen LogP contribution < -0.4 is 5.32 Å². The van der Waals surface area contributed by atoms with E-state index in [-0.39, 0.29) is 0 Å². The molecule has 0 saturated carbocycles. The van der Waals surface area contributed by atoms with Crippen LogP contribution >= 0.6 is 0 Å². The Morgan fingerprint density at radius 1 is 1.03 bits per heavy atom. The number of H-pyrrole nitrogens is 2. The lowest BCUT2D eigenvalue weighted by molar-refractivity contribution is 0.778. The third kappa shape index (κ3) is 3.18. The van der Waals surface area contributed by atoms with Gasteiger partial charge in [0.05, 0.1) is 40.3 Å². The number of aromatic amines is 2. The van der Waals surface area contributed by atoms with Crippen LogP contribution in [0.3, 0.4) is 0 Å². The standard InChI is InChI=1S/C22H20N8/c1-12(2)13(3)25-15-8-14(9-24-10-15)16-4-5-18-20(26-16)21(30-29-18)22-27-17-6-7-23-11-19(17)28-22/h4-12,25H,3H2,1-2H3,(H,27,28)(H,29,30). The topological polar surface area (TPSA) is 108 Å². The SMILES string of the molecule is C=C(Nc1cncc(-c2ccc3[nH]nc(-c4nc5ccncc5[nH]4)c3n2)c1)C(C)C. The highest BCUT2D eigenvalue weighted by Crippen LogP contribution is 2.28. The first-order valence-electron chi connectivity index (χ1n) is 9.65. The Kier molecular flexibility index (Phi) is 4.24. The lowest BCUT2D eigenvalue weighted by atomic mass is 10.1. The van der Waals surface area contributed by atoms with E-state index in [1.54, 1.807) is 24.8 Å². The molecule has 0 aromatic carbocycles. The summed E-state index contributed by atoms with van der Waals surface area (Å²) in [5.74, 6) is 0.978. The van der Waals surface area contributed by atoms with E-state index in [1.807, 2.05) is 24.3 Å². The van der Waals surface area contributed by atoms with Crippen LogP contribution in [0.4, 0.5) is 5.69 Å². The van der Waals surface area contributed by atoms with Crippen molar-refractivity contribution >= 4 is 27.8 Å². The number of rotatable bonds is 5. The van der Waals surface area contributed by atoms with Crippen molar-refractivity contribution in [2.24, 2.45) is 5.92 Å². The fourth-order valence-electron chi connectivity index (χ4n) is 3.17. The number of hydrogen-bond donors (Lipinski definition) is 3. The minimum atomic E-state index is 0.329. The Hall–Kier alpha value is -4.07. The van der Waals surface area contributed by atoms with Crippen LogP contribution in [-0.2, 0) is 0 Å². The van der Waals surface area contributed by atoms with Crippen molar-refractivity contribution < 1.29 is 0 Å². The van der Waals surface area contributed by atoms with E-state index in [1.165, 1.54) is 0 Å². The zero-order valence-corrected chi connectivity index (χ0v) is 16.6. The Morgan fingerprint density at radius 2 is 1.93 bits per heavy atom. The van der Waals surface area contributed by atoms with Crippen LogP contribution in [-0.4, -0.2) is 35.1 Å². The zero-order valence-electron chi connectivity index (χ0n) is 16.6. The summed E-state index contributed by atoms with van der Waals surface area (Å²) in [6, 6.07) is 7.79. The van der Waals surface area contributed by atoms with Crippen molar-refractivity contribution in [1.82, 2.24) is 35.1 Å². The van der Waals surface area contributed by atoms with E-state index >= 15 is 0 Å². The lowest BCUT2D eigenvalue weighted by Crippen LogP contribution is -2.04. The molecule has 8 heteroatoms. The van der Waals surface area contributed by atoms with Gasteiger partial charge in [-0.1, -0.05) is 20.4 Å². The number of pyridine rings is 3. The molecule has 0 unspecified atom stereocenters. The Labute approximate surface area is 172 Å². The molecule has 8 nitrogen and oxygen atoms in total. The Morgan fingerprint density at radius 3 is 2.77 bits per heavy atom. The van der Waals surface area contributed by atoms with Gasteiger partial charge in [0.1, 0.15) is 5.52 Å². The average molecular weight is 396 g/mol. The summed E-state index contributed by atoms with van der Waals surface area (Å²) in [6.45, 7) is 8.26. The van der Waals surface area contributed by atoms with Gasteiger partial charge < -0.3 is 10.3 Å². The minimum absolute atomic E-state index is 0.329. The van der Waals surface area contributed by atoms with Crippen molar-refractivity contribution in [2.45, 2.75) is 13.8 Å². The van der Waals surface area contributed by atoms with E-state index in [2.05, 4.69) is 55.9 Å². The van der Waals surface area contributed by atoms with E-state index in [9.17, 15) is 0 Å². The molecule has 0 atom stereocenters. The monoisotopic (exact) mass is 396 g/mol. The quantitative estimate of drug-likeness (QED) is 0.402. The summed E-state index contributed by atoms with van der Waals surface area (Å²) < 4.78 is 0. The van der Waals surface area contributed by atoms with Crippen molar-refractivity contribution in [3.05, 3.63) is 61.3 Å². The maximum atomic E-state index is 4.85. The molecule has 5 heterocycles. The Bertz CT molecular complexity index is 1350. The number of anilines is 1. The summed E-state index contributed by atoms with van der Waals surface area (Å²) in [6.07, 6.45) is 7.04. The molecular weight excluding hydrogens is 376 g/mol.